The molecule has 1 aliphatic heterocycles. The smallest absolute Gasteiger partial charge is 0.142 e. The summed E-state index contributed by atoms with van der Waals surface area (Å²) in [7, 11) is 2.20. The van der Waals surface area contributed by atoms with Gasteiger partial charge in [-0.1, -0.05) is 6.42 Å². The Morgan fingerprint density at radius 3 is 3.05 bits per heavy atom. The lowest BCUT2D eigenvalue weighted by Gasteiger charge is -2.32. The van der Waals surface area contributed by atoms with Crippen molar-refractivity contribution in [3.63, 3.8) is 0 Å². The summed E-state index contributed by atoms with van der Waals surface area (Å²) in [6.45, 7) is 2.86. The molecule has 4 heteroatoms. The average Bonchev–Trinajstić information content (AvgIpc) is 3.29. The van der Waals surface area contributed by atoms with Crippen molar-refractivity contribution in [1.29, 1.82) is 0 Å². The molecular weight excluding hydrogens is 250 g/mol. The first-order valence-electron chi connectivity index (χ1n) is 7.82. The molecule has 0 radical (unpaired) electrons. The van der Waals surface area contributed by atoms with Gasteiger partial charge in [-0.3, -0.25) is 4.98 Å². The fraction of sp³-hybridized carbons (Fsp3) is 0.688. The van der Waals surface area contributed by atoms with Gasteiger partial charge in [0.2, 0.25) is 0 Å². The van der Waals surface area contributed by atoms with Gasteiger partial charge in [-0.2, -0.15) is 0 Å². The second kappa shape index (κ2) is 6.55. The molecule has 1 atom stereocenters. The largest absolute Gasteiger partial charge is 0.490 e. The number of nitrogens with zero attached hydrogens (tertiary/aromatic N) is 2. The molecule has 2 heterocycles. The molecular formula is C16H25N3O. The highest BCUT2D eigenvalue weighted by Crippen LogP contribution is 2.23. The number of hydrogen-bond acceptors (Lipinski definition) is 4. The van der Waals surface area contributed by atoms with Gasteiger partial charge in [-0.25, -0.2) is 0 Å². The third kappa shape index (κ3) is 3.70. The highest BCUT2D eigenvalue weighted by molar-refractivity contribution is 5.29. The summed E-state index contributed by atoms with van der Waals surface area (Å²) < 4.78 is 6.06. The maximum Gasteiger partial charge on any atom is 0.142 e. The number of rotatable bonds is 6. The van der Waals surface area contributed by atoms with Crippen molar-refractivity contribution in [3.8, 4) is 5.75 Å². The topological polar surface area (TPSA) is 37.4 Å². The Balaban J connectivity index is 1.55. The molecule has 0 aromatic carbocycles. The van der Waals surface area contributed by atoms with E-state index in [4.69, 9.17) is 4.74 Å². The summed E-state index contributed by atoms with van der Waals surface area (Å²) >= 11 is 0. The Labute approximate surface area is 121 Å². The molecule has 110 valence electrons. The van der Waals surface area contributed by atoms with Crippen molar-refractivity contribution in [2.24, 2.45) is 0 Å². The molecule has 0 bridgehead atoms. The number of hydrogen-bond donors (Lipinski definition) is 1. The van der Waals surface area contributed by atoms with E-state index in [9.17, 15) is 0 Å². The summed E-state index contributed by atoms with van der Waals surface area (Å²) in [5.41, 5.74) is 1.23. The second-order valence-electron chi connectivity index (χ2n) is 6.08. The molecule has 1 saturated carbocycles. The average molecular weight is 275 g/mol. The Morgan fingerprint density at radius 1 is 1.35 bits per heavy atom. The lowest BCUT2D eigenvalue weighted by molar-refractivity contribution is 0.124. The minimum Gasteiger partial charge on any atom is -0.490 e. The summed E-state index contributed by atoms with van der Waals surface area (Å²) in [6.07, 6.45) is 10.2. The van der Waals surface area contributed by atoms with Crippen molar-refractivity contribution in [2.45, 2.75) is 50.7 Å². The maximum absolute atomic E-state index is 6.06. The molecule has 1 unspecified atom stereocenters. The molecule has 1 aromatic rings. The van der Waals surface area contributed by atoms with Gasteiger partial charge < -0.3 is 15.0 Å². The fourth-order valence-electron chi connectivity index (χ4n) is 2.77. The molecule has 3 rings (SSSR count). The molecule has 2 aliphatic rings. The number of pyridine rings is 1. The van der Waals surface area contributed by atoms with Gasteiger partial charge in [-0.15, -0.1) is 0 Å². The number of piperidine rings is 1. The first-order chi connectivity index (χ1) is 9.83. The Kier molecular flexibility index (Phi) is 4.53. The Bertz CT molecular complexity index is 433. The number of ether oxygens (including phenoxy) is 1. The van der Waals surface area contributed by atoms with Crippen molar-refractivity contribution in [3.05, 3.63) is 24.0 Å². The van der Waals surface area contributed by atoms with Crippen LogP contribution in [0.4, 0.5) is 0 Å². The van der Waals surface area contributed by atoms with Crippen LogP contribution in [0.3, 0.4) is 0 Å². The number of likely N-dealkylation sites (tertiary alicyclic amines) is 1. The molecule has 1 aromatic heterocycles. The van der Waals surface area contributed by atoms with Crippen molar-refractivity contribution < 1.29 is 4.74 Å². The van der Waals surface area contributed by atoms with Crippen LogP contribution in [0.2, 0.25) is 0 Å². The van der Waals surface area contributed by atoms with Gasteiger partial charge >= 0.3 is 0 Å². The van der Waals surface area contributed by atoms with Crippen LogP contribution in [0.1, 0.15) is 37.7 Å². The summed E-state index contributed by atoms with van der Waals surface area (Å²) in [5, 5.41) is 3.54. The molecule has 4 nitrogen and oxygen atoms in total. The molecule has 20 heavy (non-hydrogen) atoms. The Hall–Kier alpha value is -1.13. The molecule has 0 amide bonds. The van der Waals surface area contributed by atoms with Crippen LogP contribution < -0.4 is 10.1 Å². The van der Waals surface area contributed by atoms with Crippen LogP contribution in [0.25, 0.3) is 0 Å². The minimum absolute atomic E-state index is 0.549. The van der Waals surface area contributed by atoms with Crippen LogP contribution in [0, 0.1) is 0 Å². The summed E-state index contributed by atoms with van der Waals surface area (Å²) in [6, 6.07) is 3.34. The number of aromatic nitrogens is 1. The highest BCUT2D eigenvalue weighted by atomic mass is 16.5. The van der Waals surface area contributed by atoms with Gasteiger partial charge in [0.05, 0.1) is 6.20 Å². The van der Waals surface area contributed by atoms with Crippen molar-refractivity contribution in [1.82, 2.24) is 15.2 Å². The predicted molar refractivity (Wildman–Crippen MR) is 79.9 cm³/mol. The van der Waals surface area contributed by atoms with E-state index in [0.717, 1.165) is 24.9 Å². The van der Waals surface area contributed by atoms with Crippen LogP contribution in [0.15, 0.2) is 18.5 Å². The van der Waals surface area contributed by atoms with E-state index >= 15 is 0 Å². The van der Waals surface area contributed by atoms with E-state index in [1.807, 2.05) is 12.4 Å². The maximum atomic E-state index is 6.06. The third-order valence-electron chi connectivity index (χ3n) is 4.38. The van der Waals surface area contributed by atoms with E-state index in [2.05, 4.69) is 28.3 Å². The minimum atomic E-state index is 0.549. The van der Waals surface area contributed by atoms with Crippen LogP contribution in [0.5, 0.6) is 5.75 Å². The SMILES string of the molecule is CN1CCCCC1COc1cnccc1CNC1CC1. The summed E-state index contributed by atoms with van der Waals surface area (Å²) in [4.78, 5) is 6.62. The van der Waals surface area contributed by atoms with Gasteiger partial charge in [0.15, 0.2) is 0 Å². The first kappa shape index (κ1) is 13.8. The Morgan fingerprint density at radius 2 is 2.25 bits per heavy atom. The normalized spacial score (nSPS) is 23.8. The van der Waals surface area contributed by atoms with Crippen molar-refractivity contribution >= 4 is 0 Å². The van der Waals surface area contributed by atoms with Gasteiger partial charge in [0.25, 0.3) is 0 Å². The van der Waals surface area contributed by atoms with Crippen LogP contribution >= 0.6 is 0 Å². The van der Waals surface area contributed by atoms with Gasteiger partial charge in [0, 0.05) is 30.4 Å². The highest BCUT2D eigenvalue weighted by Gasteiger charge is 2.22. The van der Waals surface area contributed by atoms with Crippen molar-refractivity contribution in [2.75, 3.05) is 20.2 Å². The zero-order valence-corrected chi connectivity index (χ0v) is 12.3. The molecule has 1 aliphatic carbocycles. The standard InChI is InChI=1S/C16H25N3O/c1-19-9-3-2-4-15(19)12-20-16-11-17-8-7-13(16)10-18-14-5-6-14/h7-8,11,14-15,18H,2-6,9-10,12H2,1H3. The van der Waals surface area contributed by atoms with E-state index in [-0.39, 0.29) is 0 Å². The quantitative estimate of drug-likeness (QED) is 0.863. The molecule has 2 fully saturated rings. The predicted octanol–water partition coefficient (Wildman–Crippen LogP) is 2.20. The van der Waals surface area contributed by atoms with E-state index in [1.54, 1.807) is 0 Å². The third-order valence-corrected chi connectivity index (χ3v) is 4.38. The van der Waals surface area contributed by atoms with Gasteiger partial charge in [0.1, 0.15) is 12.4 Å². The lowest BCUT2D eigenvalue weighted by atomic mass is 10.0. The lowest BCUT2D eigenvalue weighted by Crippen LogP contribution is -2.40. The molecule has 1 saturated heterocycles. The zero-order chi connectivity index (χ0) is 13.8. The summed E-state index contributed by atoms with van der Waals surface area (Å²) in [5.74, 6) is 0.944. The number of nitrogens with one attached hydrogen (secondary N) is 1. The molecule has 0 spiro atoms. The first-order valence-corrected chi connectivity index (χ1v) is 7.82. The van der Waals surface area contributed by atoms with E-state index in [1.165, 1.54) is 44.2 Å². The van der Waals surface area contributed by atoms with Crippen LogP contribution in [-0.2, 0) is 6.54 Å². The van der Waals surface area contributed by atoms with E-state index < -0.39 is 0 Å². The zero-order valence-electron chi connectivity index (χ0n) is 12.3. The second-order valence-corrected chi connectivity index (χ2v) is 6.08. The van der Waals surface area contributed by atoms with E-state index in [0.29, 0.717) is 6.04 Å². The van der Waals surface area contributed by atoms with Gasteiger partial charge in [-0.05, 0) is 45.3 Å². The molecule has 1 N–H and O–H groups in total. The monoisotopic (exact) mass is 275 g/mol. The fourth-order valence-corrected chi connectivity index (χ4v) is 2.77. The number of likely N-dealkylation sites (N-methyl/N-ethyl adjacent to an activating group) is 1. The van der Waals surface area contributed by atoms with Crippen LogP contribution in [-0.4, -0.2) is 42.2 Å².